The van der Waals surface area contributed by atoms with Gasteiger partial charge < -0.3 is 4.90 Å². The molecule has 0 radical (unpaired) electrons. The van der Waals surface area contributed by atoms with Gasteiger partial charge in [0, 0.05) is 25.3 Å². The van der Waals surface area contributed by atoms with Crippen molar-refractivity contribution in [3.05, 3.63) is 35.4 Å². The number of amides is 1. The van der Waals surface area contributed by atoms with Gasteiger partial charge in [0.05, 0.1) is 5.25 Å². The van der Waals surface area contributed by atoms with Crippen LogP contribution < -0.4 is 0 Å². The van der Waals surface area contributed by atoms with Crippen molar-refractivity contribution in [2.24, 2.45) is 5.92 Å². The molecule has 0 saturated heterocycles. The van der Waals surface area contributed by atoms with Gasteiger partial charge in [-0.2, -0.15) is 0 Å². The van der Waals surface area contributed by atoms with Crippen molar-refractivity contribution >= 4 is 15.7 Å². The van der Waals surface area contributed by atoms with Crippen LogP contribution in [0.25, 0.3) is 0 Å². The van der Waals surface area contributed by atoms with Crippen molar-refractivity contribution in [2.75, 3.05) is 13.3 Å². The molecule has 1 amide bonds. The molecule has 2 fully saturated rings. The molecule has 5 heteroatoms. The van der Waals surface area contributed by atoms with E-state index in [9.17, 15) is 13.2 Å². The Bertz CT molecular complexity index is 728. The summed E-state index contributed by atoms with van der Waals surface area (Å²) in [5.41, 5.74) is 2.44. The molecule has 24 heavy (non-hydrogen) atoms. The van der Waals surface area contributed by atoms with Crippen molar-refractivity contribution in [2.45, 2.75) is 56.2 Å². The second-order valence-corrected chi connectivity index (χ2v) is 9.80. The Balaban J connectivity index is 1.71. The van der Waals surface area contributed by atoms with Crippen LogP contribution in [-0.4, -0.2) is 43.8 Å². The topological polar surface area (TPSA) is 54.5 Å². The minimum absolute atomic E-state index is 0.0129. The highest BCUT2D eigenvalue weighted by Gasteiger charge is 2.47. The Morgan fingerprint density at radius 2 is 1.92 bits per heavy atom. The van der Waals surface area contributed by atoms with Crippen molar-refractivity contribution < 1.29 is 13.2 Å². The van der Waals surface area contributed by atoms with Crippen molar-refractivity contribution in [3.63, 3.8) is 0 Å². The number of benzene rings is 1. The first-order valence-electron chi connectivity index (χ1n) is 8.81. The van der Waals surface area contributed by atoms with E-state index in [2.05, 4.69) is 25.1 Å². The standard InChI is InChI=1S/C19H27NO3S/c1-13-7-6-8-14(11-13)15-12-16(15)19(21)20(2)17-9-4-5-10-18(17)24(3,22)23/h6-8,11,15-18H,4-5,9-10,12H2,1-3H3/t15-,16-,17+,18+/m0/s1. The van der Waals surface area contributed by atoms with Gasteiger partial charge in [0.15, 0.2) is 9.84 Å². The number of sulfone groups is 1. The summed E-state index contributed by atoms with van der Waals surface area (Å²) in [5, 5.41) is -0.406. The molecule has 0 heterocycles. The fourth-order valence-electron chi connectivity index (χ4n) is 4.18. The van der Waals surface area contributed by atoms with E-state index in [0.29, 0.717) is 12.3 Å². The first kappa shape index (κ1) is 17.5. The summed E-state index contributed by atoms with van der Waals surface area (Å²) in [4.78, 5) is 14.6. The van der Waals surface area contributed by atoms with Gasteiger partial charge in [0.2, 0.25) is 5.91 Å². The van der Waals surface area contributed by atoms with E-state index < -0.39 is 15.1 Å². The number of rotatable bonds is 4. The van der Waals surface area contributed by atoms with Crippen LogP contribution in [0.5, 0.6) is 0 Å². The van der Waals surface area contributed by atoms with Gasteiger partial charge in [-0.25, -0.2) is 8.42 Å². The molecule has 0 aliphatic heterocycles. The Morgan fingerprint density at radius 3 is 2.58 bits per heavy atom. The normalized spacial score (nSPS) is 30.0. The number of carbonyl (C=O) groups is 1. The fraction of sp³-hybridized carbons (Fsp3) is 0.632. The molecule has 2 aliphatic carbocycles. The summed E-state index contributed by atoms with van der Waals surface area (Å²) >= 11 is 0. The van der Waals surface area contributed by atoms with Crippen molar-refractivity contribution in [1.82, 2.24) is 4.90 Å². The highest BCUT2D eigenvalue weighted by molar-refractivity contribution is 7.91. The molecule has 132 valence electrons. The predicted molar refractivity (Wildman–Crippen MR) is 95.7 cm³/mol. The molecule has 4 atom stereocenters. The summed E-state index contributed by atoms with van der Waals surface area (Å²) in [6.07, 6.45) is 5.59. The smallest absolute Gasteiger partial charge is 0.226 e. The molecule has 3 rings (SSSR count). The Morgan fingerprint density at radius 1 is 1.21 bits per heavy atom. The maximum absolute atomic E-state index is 12.9. The first-order chi connectivity index (χ1) is 11.3. The molecule has 4 nitrogen and oxygen atoms in total. The highest BCUT2D eigenvalue weighted by atomic mass is 32.2. The molecule has 0 aromatic heterocycles. The second kappa shape index (κ2) is 6.51. The van der Waals surface area contributed by atoms with E-state index in [0.717, 1.165) is 25.7 Å². The molecule has 0 N–H and O–H groups in total. The van der Waals surface area contributed by atoms with Gasteiger partial charge in [-0.1, -0.05) is 42.7 Å². The monoisotopic (exact) mass is 349 g/mol. The lowest BCUT2D eigenvalue weighted by Crippen LogP contribution is -2.49. The van der Waals surface area contributed by atoms with Crippen molar-refractivity contribution in [3.8, 4) is 0 Å². The lowest BCUT2D eigenvalue weighted by Gasteiger charge is -2.37. The summed E-state index contributed by atoms with van der Waals surface area (Å²) in [7, 11) is -1.33. The molecule has 2 saturated carbocycles. The maximum Gasteiger partial charge on any atom is 0.226 e. The minimum atomic E-state index is -3.12. The summed E-state index contributed by atoms with van der Waals surface area (Å²) in [5.74, 6) is 0.418. The maximum atomic E-state index is 12.9. The van der Waals surface area contributed by atoms with E-state index in [1.165, 1.54) is 17.4 Å². The average molecular weight is 349 g/mol. The molecule has 0 unspecified atom stereocenters. The number of nitrogens with zero attached hydrogens (tertiary/aromatic N) is 1. The summed E-state index contributed by atoms with van der Waals surface area (Å²) in [6.45, 7) is 2.06. The van der Waals surface area contributed by atoms with E-state index in [4.69, 9.17) is 0 Å². The second-order valence-electron chi connectivity index (χ2n) is 7.53. The fourth-order valence-corrected chi connectivity index (χ4v) is 5.67. The van der Waals surface area contributed by atoms with Gasteiger partial charge in [-0.3, -0.25) is 4.79 Å². The van der Waals surface area contributed by atoms with Crippen LogP contribution >= 0.6 is 0 Å². The SMILES string of the molecule is Cc1cccc([C@@H]2C[C@@H]2C(=O)N(C)[C@@H]2CCCC[C@H]2S(C)(=O)=O)c1. The third kappa shape index (κ3) is 3.51. The number of carbonyl (C=O) groups excluding carboxylic acids is 1. The van der Waals surface area contributed by atoms with E-state index in [-0.39, 0.29) is 17.9 Å². The van der Waals surface area contributed by atoms with Crippen LogP contribution in [0.3, 0.4) is 0 Å². The van der Waals surface area contributed by atoms with Crippen LogP contribution in [0, 0.1) is 12.8 Å². The molecular weight excluding hydrogens is 322 g/mol. The van der Waals surface area contributed by atoms with Crippen molar-refractivity contribution in [1.29, 1.82) is 0 Å². The molecule has 0 bridgehead atoms. The first-order valence-corrected chi connectivity index (χ1v) is 10.8. The van der Waals surface area contributed by atoms with E-state index in [1.54, 1.807) is 11.9 Å². The molecule has 1 aromatic rings. The predicted octanol–water partition coefficient (Wildman–Crippen LogP) is 2.91. The van der Waals surface area contributed by atoms with Crippen LogP contribution in [0.4, 0.5) is 0 Å². The number of hydrogen-bond acceptors (Lipinski definition) is 3. The molecule has 1 aromatic carbocycles. The largest absolute Gasteiger partial charge is 0.341 e. The van der Waals surface area contributed by atoms with Crippen LogP contribution in [0.1, 0.15) is 49.1 Å². The van der Waals surface area contributed by atoms with E-state index >= 15 is 0 Å². The zero-order valence-electron chi connectivity index (χ0n) is 14.7. The van der Waals surface area contributed by atoms with Gasteiger partial charge in [-0.05, 0) is 37.7 Å². The third-order valence-electron chi connectivity index (χ3n) is 5.64. The minimum Gasteiger partial charge on any atom is -0.341 e. The Hall–Kier alpha value is -1.36. The lowest BCUT2D eigenvalue weighted by molar-refractivity contribution is -0.133. The van der Waals surface area contributed by atoms with Gasteiger partial charge in [0.1, 0.15) is 0 Å². The Kier molecular flexibility index (Phi) is 4.73. The zero-order valence-corrected chi connectivity index (χ0v) is 15.6. The highest BCUT2D eigenvalue weighted by Crippen LogP contribution is 2.49. The van der Waals surface area contributed by atoms with E-state index in [1.807, 2.05) is 6.07 Å². The average Bonchev–Trinajstić information content (AvgIpc) is 3.33. The zero-order chi connectivity index (χ0) is 17.5. The van der Waals surface area contributed by atoms with Gasteiger partial charge in [-0.15, -0.1) is 0 Å². The van der Waals surface area contributed by atoms with Gasteiger partial charge >= 0.3 is 0 Å². The molecule has 2 aliphatic rings. The molecule has 0 spiro atoms. The summed E-state index contributed by atoms with van der Waals surface area (Å²) < 4.78 is 24.2. The third-order valence-corrected chi connectivity index (χ3v) is 7.29. The molecular formula is C19H27NO3S. The van der Waals surface area contributed by atoms with Gasteiger partial charge in [0.25, 0.3) is 0 Å². The summed E-state index contributed by atoms with van der Waals surface area (Å²) in [6, 6.07) is 8.17. The lowest BCUT2D eigenvalue weighted by atomic mass is 9.93. The number of aryl methyl sites for hydroxylation is 1. The quantitative estimate of drug-likeness (QED) is 0.840. The number of hydrogen-bond donors (Lipinski definition) is 0. The van der Waals surface area contributed by atoms with Crippen LogP contribution in [0.15, 0.2) is 24.3 Å². The van der Waals surface area contributed by atoms with Crippen LogP contribution in [0.2, 0.25) is 0 Å². The van der Waals surface area contributed by atoms with Crippen LogP contribution in [-0.2, 0) is 14.6 Å². The Labute approximate surface area is 145 Å².